The number of nitrogens with zero attached hydrogens (tertiary/aromatic N) is 2. The van der Waals surface area contributed by atoms with Crippen molar-refractivity contribution in [2.45, 2.75) is 64.5 Å². The summed E-state index contributed by atoms with van der Waals surface area (Å²) in [5.74, 6) is 1.33. The first-order valence-electron chi connectivity index (χ1n) is 14.8. The van der Waals surface area contributed by atoms with Crippen molar-refractivity contribution in [1.29, 1.82) is 0 Å². The molecule has 42 heavy (non-hydrogen) atoms. The van der Waals surface area contributed by atoms with Gasteiger partial charge >= 0.3 is 5.97 Å². The second-order valence-electron chi connectivity index (χ2n) is 10.4. The van der Waals surface area contributed by atoms with Crippen LogP contribution in [0.4, 0.5) is 5.69 Å². The van der Waals surface area contributed by atoms with Crippen LogP contribution < -0.4 is 15.4 Å². The Morgan fingerprint density at radius 2 is 1.74 bits per heavy atom. The number of aromatic nitrogens is 2. The predicted molar refractivity (Wildman–Crippen MR) is 167 cm³/mol. The molecule has 1 aromatic heterocycles. The van der Waals surface area contributed by atoms with Crippen LogP contribution in [0.3, 0.4) is 0 Å². The van der Waals surface area contributed by atoms with Crippen LogP contribution >= 0.6 is 0 Å². The van der Waals surface area contributed by atoms with E-state index >= 15 is 0 Å². The number of hydrogen-bond acceptors (Lipinski definition) is 6. The maximum Gasteiger partial charge on any atom is 0.351 e. The second kappa shape index (κ2) is 15.6. The lowest BCUT2D eigenvalue weighted by Gasteiger charge is -2.17. The van der Waals surface area contributed by atoms with Crippen molar-refractivity contribution in [3.05, 3.63) is 89.7 Å². The third-order valence-corrected chi connectivity index (χ3v) is 7.31. The van der Waals surface area contributed by atoms with Crippen LogP contribution in [0.25, 0.3) is 11.0 Å². The summed E-state index contributed by atoms with van der Waals surface area (Å²) in [5, 5.41) is 6.21. The molecule has 8 heteroatoms. The van der Waals surface area contributed by atoms with Crippen LogP contribution in [0.5, 0.6) is 5.75 Å². The van der Waals surface area contributed by atoms with Gasteiger partial charge in [0.2, 0.25) is 12.0 Å². The highest BCUT2D eigenvalue weighted by atomic mass is 16.6. The monoisotopic (exact) mass is 570 g/mol. The molecule has 0 fully saturated rings. The Kier molecular flexibility index (Phi) is 11.4. The summed E-state index contributed by atoms with van der Waals surface area (Å²) in [5.41, 5.74) is 5.01. The zero-order valence-corrected chi connectivity index (χ0v) is 24.9. The number of aryl methyl sites for hydroxylation is 1. The number of benzene rings is 3. The van der Waals surface area contributed by atoms with Gasteiger partial charge < -0.3 is 24.7 Å². The van der Waals surface area contributed by atoms with Gasteiger partial charge in [-0.15, -0.1) is 0 Å². The Morgan fingerprint density at radius 3 is 2.45 bits per heavy atom. The molecule has 0 aliphatic heterocycles. The fourth-order valence-corrected chi connectivity index (χ4v) is 4.91. The minimum atomic E-state index is -0.831. The predicted octanol–water partition coefficient (Wildman–Crippen LogP) is 6.44. The molecular weight excluding hydrogens is 528 g/mol. The van der Waals surface area contributed by atoms with Crippen molar-refractivity contribution in [3.8, 4) is 5.75 Å². The zero-order chi connectivity index (χ0) is 29.7. The molecule has 4 rings (SSSR count). The Hall–Kier alpha value is -4.33. The zero-order valence-electron chi connectivity index (χ0n) is 24.9. The third kappa shape index (κ3) is 8.35. The number of carbonyl (C=O) groups is 2. The van der Waals surface area contributed by atoms with Gasteiger partial charge in [-0.25, -0.2) is 9.78 Å². The molecule has 0 saturated carbocycles. The molecule has 8 nitrogen and oxygen atoms in total. The Morgan fingerprint density at radius 1 is 0.952 bits per heavy atom. The van der Waals surface area contributed by atoms with Crippen LogP contribution in [-0.4, -0.2) is 42.1 Å². The lowest BCUT2D eigenvalue weighted by molar-refractivity contribution is -0.149. The van der Waals surface area contributed by atoms with Gasteiger partial charge in [0.25, 0.3) is 0 Å². The molecule has 0 saturated heterocycles. The number of fused-ring (bicyclic) bond motifs is 1. The van der Waals surface area contributed by atoms with E-state index in [9.17, 15) is 9.59 Å². The van der Waals surface area contributed by atoms with Crippen molar-refractivity contribution < 1.29 is 19.1 Å². The van der Waals surface area contributed by atoms with E-state index in [4.69, 9.17) is 14.5 Å². The number of carbonyl (C=O) groups excluding carboxylic acids is 2. The van der Waals surface area contributed by atoms with E-state index in [2.05, 4.69) is 40.3 Å². The number of amides is 1. The van der Waals surface area contributed by atoms with Gasteiger partial charge in [-0.3, -0.25) is 4.79 Å². The van der Waals surface area contributed by atoms with Crippen molar-refractivity contribution >= 4 is 28.6 Å². The highest BCUT2D eigenvalue weighted by molar-refractivity contribution is 5.80. The molecule has 1 atom stereocenters. The van der Waals surface area contributed by atoms with Crippen LogP contribution in [0.2, 0.25) is 0 Å². The van der Waals surface area contributed by atoms with Crippen LogP contribution in [0.15, 0.2) is 72.8 Å². The van der Waals surface area contributed by atoms with Crippen molar-refractivity contribution in [2.24, 2.45) is 0 Å². The van der Waals surface area contributed by atoms with Crippen molar-refractivity contribution in [3.63, 3.8) is 0 Å². The van der Waals surface area contributed by atoms with Gasteiger partial charge in [-0.1, -0.05) is 62.2 Å². The van der Waals surface area contributed by atoms with E-state index in [-0.39, 0.29) is 5.91 Å². The molecule has 222 valence electrons. The molecule has 1 unspecified atom stereocenters. The molecule has 0 bridgehead atoms. The van der Waals surface area contributed by atoms with Gasteiger partial charge in [0.15, 0.2) is 0 Å². The Labute approximate surface area is 248 Å². The first-order valence-corrected chi connectivity index (χ1v) is 14.8. The number of methoxy groups -OCH3 is 1. The average molecular weight is 571 g/mol. The highest BCUT2D eigenvalue weighted by Gasteiger charge is 2.23. The summed E-state index contributed by atoms with van der Waals surface area (Å²) in [4.78, 5) is 28.8. The first-order chi connectivity index (χ1) is 20.5. The Bertz CT molecular complexity index is 1430. The minimum Gasteiger partial charge on any atom is -0.474 e. The fraction of sp³-hybridized carbons (Fsp3) is 0.382. The van der Waals surface area contributed by atoms with Gasteiger partial charge in [0.05, 0.1) is 18.1 Å². The maximum atomic E-state index is 12.4. The van der Waals surface area contributed by atoms with Crippen molar-refractivity contribution in [1.82, 2.24) is 14.9 Å². The van der Waals surface area contributed by atoms with Gasteiger partial charge in [-0.2, -0.15) is 0 Å². The van der Waals surface area contributed by atoms with Gasteiger partial charge in [-0.05, 0) is 55.2 Å². The quantitative estimate of drug-likeness (QED) is 0.119. The van der Waals surface area contributed by atoms with Crippen LogP contribution in [0, 0.1) is 0 Å². The molecule has 0 spiro atoms. The summed E-state index contributed by atoms with van der Waals surface area (Å²) in [6, 6.07) is 23.6. The van der Waals surface area contributed by atoms with Crippen LogP contribution in [0.1, 0.15) is 68.5 Å². The number of rotatable bonds is 16. The molecule has 0 radical (unpaired) electrons. The highest BCUT2D eigenvalue weighted by Crippen LogP contribution is 2.26. The molecular formula is C34H42N4O4. The van der Waals surface area contributed by atoms with E-state index in [1.54, 1.807) is 7.05 Å². The molecule has 0 aliphatic carbocycles. The number of nitrogens with one attached hydrogen (secondary N) is 2. The SMILES string of the molecule is CCCCc1nc2ccc(NCCCCCC(=O)NC)cc2n1Cc1ccc(OC(C(=O)OC)c2ccccc2)cc1. The average Bonchev–Trinajstić information content (AvgIpc) is 3.37. The number of ether oxygens (including phenoxy) is 2. The summed E-state index contributed by atoms with van der Waals surface area (Å²) in [6.45, 7) is 3.73. The van der Waals surface area contributed by atoms with Gasteiger partial charge in [0.1, 0.15) is 11.6 Å². The lowest BCUT2D eigenvalue weighted by Crippen LogP contribution is -2.20. The lowest BCUT2D eigenvalue weighted by atomic mass is 10.1. The van der Waals surface area contributed by atoms with Crippen LogP contribution in [-0.2, 0) is 27.3 Å². The molecule has 1 heterocycles. The molecule has 0 aliphatic rings. The summed E-state index contributed by atoms with van der Waals surface area (Å²) < 4.78 is 13.4. The number of esters is 1. The van der Waals surface area contributed by atoms with E-state index in [0.717, 1.165) is 78.7 Å². The maximum absolute atomic E-state index is 12.4. The summed E-state index contributed by atoms with van der Waals surface area (Å²) in [6.07, 6.45) is 5.75. The molecule has 2 N–H and O–H groups in total. The summed E-state index contributed by atoms with van der Waals surface area (Å²) in [7, 11) is 3.05. The van der Waals surface area contributed by atoms with E-state index in [0.29, 0.717) is 18.7 Å². The number of hydrogen-bond donors (Lipinski definition) is 2. The number of anilines is 1. The minimum absolute atomic E-state index is 0.0975. The summed E-state index contributed by atoms with van der Waals surface area (Å²) >= 11 is 0. The third-order valence-electron chi connectivity index (χ3n) is 7.31. The molecule has 1 amide bonds. The topological polar surface area (TPSA) is 94.5 Å². The standard InChI is InChI=1S/C34H42N4O4/c1-4-5-14-31-37-29-21-18-27(36-22-11-7-10-15-32(39)35-2)23-30(29)38(31)24-25-16-19-28(20-17-25)42-33(34(40)41-3)26-12-8-6-9-13-26/h6,8-9,12-13,16-21,23,33,36H,4-5,7,10-11,14-15,22,24H2,1-3H3,(H,35,39). The molecule has 4 aromatic rings. The number of imidazole rings is 1. The number of unbranched alkanes of at least 4 members (excludes halogenated alkanes) is 3. The molecule has 3 aromatic carbocycles. The van der Waals surface area contributed by atoms with Crippen molar-refractivity contribution in [2.75, 3.05) is 26.0 Å². The smallest absolute Gasteiger partial charge is 0.351 e. The second-order valence-corrected chi connectivity index (χ2v) is 10.4. The fourth-order valence-electron chi connectivity index (χ4n) is 4.91. The van der Waals surface area contributed by atoms with E-state index < -0.39 is 12.1 Å². The normalized spacial score (nSPS) is 11.7. The van der Waals surface area contributed by atoms with E-state index in [1.807, 2.05) is 54.6 Å². The largest absolute Gasteiger partial charge is 0.474 e. The first kappa shape index (κ1) is 30.6. The van der Waals surface area contributed by atoms with Gasteiger partial charge in [0, 0.05) is 44.2 Å². The Balaban J connectivity index is 1.47. The van der Waals surface area contributed by atoms with E-state index in [1.165, 1.54) is 7.11 Å².